The molecule has 3 aromatic rings. The zero-order valence-electron chi connectivity index (χ0n) is 16.1. The van der Waals surface area contributed by atoms with Crippen LogP contribution < -0.4 is 0 Å². The molecule has 30 heavy (non-hydrogen) atoms. The summed E-state index contributed by atoms with van der Waals surface area (Å²) >= 11 is 6.02. The predicted octanol–water partition coefficient (Wildman–Crippen LogP) is 5.32. The van der Waals surface area contributed by atoms with Crippen LogP contribution in [0.25, 0.3) is 28.3 Å². The highest BCUT2D eigenvalue weighted by Crippen LogP contribution is 2.31. The van der Waals surface area contributed by atoms with Gasteiger partial charge in [0.1, 0.15) is 5.76 Å². The summed E-state index contributed by atoms with van der Waals surface area (Å²) in [6.45, 7) is 0. The van der Waals surface area contributed by atoms with Crippen LogP contribution in [0.15, 0.2) is 66.1 Å². The van der Waals surface area contributed by atoms with Gasteiger partial charge >= 0.3 is 0 Å². The first kappa shape index (κ1) is 19.6. The van der Waals surface area contributed by atoms with Crippen LogP contribution in [0.1, 0.15) is 24.2 Å². The zero-order chi connectivity index (χ0) is 21.1. The van der Waals surface area contributed by atoms with Crippen LogP contribution in [-0.4, -0.2) is 27.2 Å². The van der Waals surface area contributed by atoms with Crippen molar-refractivity contribution in [3.05, 3.63) is 82.5 Å². The van der Waals surface area contributed by atoms with Crippen molar-refractivity contribution in [2.75, 3.05) is 7.11 Å². The normalized spacial score (nSPS) is 13.6. The fourth-order valence-electron chi connectivity index (χ4n) is 3.17. The number of nitriles is 1. The van der Waals surface area contributed by atoms with Crippen LogP contribution in [0.3, 0.4) is 0 Å². The van der Waals surface area contributed by atoms with Crippen LogP contribution in [0, 0.1) is 11.3 Å². The molecular weight excluding hydrogens is 400 g/mol. The first-order valence-corrected chi connectivity index (χ1v) is 9.65. The van der Waals surface area contributed by atoms with Crippen LogP contribution in [0.4, 0.5) is 0 Å². The second kappa shape index (κ2) is 8.36. The molecule has 0 aliphatic heterocycles. The highest BCUT2D eigenvalue weighted by molar-refractivity contribution is 6.30. The monoisotopic (exact) mass is 416 g/mol. The van der Waals surface area contributed by atoms with Gasteiger partial charge in [-0.2, -0.15) is 5.26 Å². The zero-order valence-corrected chi connectivity index (χ0v) is 16.9. The van der Waals surface area contributed by atoms with Gasteiger partial charge in [-0.25, -0.2) is 15.0 Å². The number of allylic oxidation sites excluding steroid dienone is 3. The number of nitrogens with zero attached hydrogens (tertiary/aromatic N) is 4. The van der Waals surface area contributed by atoms with Crippen molar-refractivity contribution >= 4 is 17.2 Å². The summed E-state index contributed by atoms with van der Waals surface area (Å²) in [5.74, 6) is 2.03. The van der Waals surface area contributed by atoms with Gasteiger partial charge in [0.15, 0.2) is 17.5 Å². The van der Waals surface area contributed by atoms with Gasteiger partial charge in [-0.3, -0.25) is 0 Å². The molecular formula is C23H17ClN4O2. The third-order valence-corrected chi connectivity index (χ3v) is 5.00. The minimum Gasteiger partial charge on any atom is -0.507 e. The minimum absolute atomic E-state index is 0.0723. The number of aliphatic hydroxyl groups excluding tert-OH is 1. The molecule has 6 nitrogen and oxygen atoms in total. The summed E-state index contributed by atoms with van der Waals surface area (Å²) in [5.41, 5.74) is 2.59. The average molecular weight is 417 g/mol. The van der Waals surface area contributed by atoms with Crippen molar-refractivity contribution in [1.29, 1.82) is 5.26 Å². The Labute approximate surface area is 178 Å². The summed E-state index contributed by atoms with van der Waals surface area (Å²) in [6.07, 6.45) is 2.75. The average Bonchev–Trinajstić information content (AvgIpc) is 2.79. The first-order chi connectivity index (χ1) is 14.6. The number of benzene rings is 2. The number of rotatable bonds is 4. The molecule has 0 atom stereocenters. The van der Waals surface area contributed by atoms with E-state index in [1.807, 2.05) is 18.2 Å². The van der Waals surface area contributed by atoms with Crippen LogP contribution in [0.2, 0.25) is 5.02 Å². The first-order valence-electron chi connectivity index (χ1n) is 9.27. The lowest BCUT2D eigenvalue weighted by molar-refractivity contribution is 0.271. The molecule has 0 bridgehead atoms. The lowest BCUT2D eigenvalue weighted by atomic mass is 10.0. The number of halogens is 1. The quantitative estimate of drug-likeness (QED) is 0.618. The second-order valence-electron chi connectivity index (χ2n) is 6.68. The molecule has 1 heterocycles. The number of hydrogen-bond donors (Lipinski definition) is 1. The summed E-state index contributed by atoms with van der Waals surface area (Å²) in [7, 11) is 1.58. The Hall–Kier alpha value is -3.69. The van der Waals surface area contributed by atoms with Gasteiger partial charge in [-0.05, 0) is 42.8 Å². The maximum absolute atomic E-state index is 10.5. The standard InChI is InChI=1S/C23H17ClN4O2/c1-30-18-9-10-19(20(29)12-18)23-27-21(15-5-7-17(24)8-6-15)26-22(28-23)16-4-2-3-14(11-16)13-25/h2-8,11-12,29H,9-10H2,1H3. The summed E-state index contributed by atoms with van der Waals surface area (Å²) in [4.78, 5) is 13.8. The summed E-state index contributed by atoms with van der Waals surface area (Å²) in [6, 6.07) is 16.4. The van der Waals surface area contributed by atoms with Crippen molar-refractivity contribution in [3.8, 4) is 28.8 Å². The molecule has 1 aliphatic rings. The number of ether oxygens (including phenoxy) is 1. The maximum Gasteiger partial charge on any atom is 0.164 e. The van der Waals surface area contributed by atoms with Crippen LogP contribution in [0.5, 0.6) is 0 Å². The molecule has 1 N–H and O–H groups in total. The van der Waals surface area contributed by atoms with E-state index in [-0.39, 0.29) is 5.76 Å². The van der Waals surface area contributed by atoms with E-state index in [4.69, 9.17) is 16.3 Å². The fourth-order valence-corrected chi connectivity index (χ4v) is 3.30. The molecule has 4 rings (SSSR count). The molecule has 148 valence electrons. The van der Waals surface area contributed by atoms with Crippen molar-refractivity contribution < 1.29 is 9.84 Å². The highest BCUT2D eigenvalue weighted by atomic mass is 35.5. The number of hydrogen-bond acceptors (Lipinski definition) is 6. The Morgan fingerprint density at radius 2 is 1.67 bits per heavy atom. The van der Waals surface area contributed by atoms with Crippen LogP contribution in [-0.2, 0) is 4.74 Å². The number of aromatic nitrogens is 3. The molecule has 0 saturated carbocycles. The summed E-state index contributed by atoms with van der Waals surface area (Å²) < 4.78 is 5.24. The molecule has 2 aromatic carbocycles. The Morgan fingerprint density at radius 3 is 2.33 bits per heavy atom. The van der Waals surface area contributed by atoms with E-state index < -0.39 is 0 Å². The topological polar surface area (TPSA) is 91.9 Å². The minimum atomic E-state index is 0.0723. The molecule has 0 unspecified atom stereocenters. The Balaban J connectivity index is 1.90. The lowest BCUT2D eigenvalue weighted by Gasteiger charge is -2.16. The van der Waals surface area contributed by atoms with Gasteiger partial charge in [0.05, 0.1) is 24.5 Å². The maximum atomic E-state index is 10.5. The SMILES string of the molecule is COC1=CC(O)=C(c2nc(-c3ccc(Cl)cc3)nc(-c3cccc(C#N)c3)n2)CC1. The van der Waals surface area contributed by atoms with Gasteiger partial charge in [-0.15, -0.1) is 0 Å². The molecule has 0 saturated heterocycles. The molecule has 1 aromatic heterocycles. The molecule has 0 amide bonds. The number of methoxy groups -OCH3 is 1. The van der Waals surface area contributed by atoms with E-state index in [1.54, 1.807) is 43.5 Å². The highest BCUT2D eigenvalue weighted by Gasteiger charge is 2.20. The van der Waals surface area contributed by atoms with Crippen molar-refractivity contribution in [2.24, 2.45) is 0 Å². The molecule has 0 spiro atoms. The number of aliphatic hydroxyl groups is 1. The van der Waals surface area contributed by atoms with Gasteiger partial charge in [0, 0.05) is 34.2 Å². The van der Waals surface area contributed by atoms with E-state index >= 15 is 0 Å². The third kappa shape index (κ3) is 4.02. The van der Waals surface area contributed by atoms with E-state index in [2.05, 4.69) is 21.0 Å². The van der Waals surface area contributed by atoms with Gasteiger partial charge in [0.2, 0.25) is 0 Å². The molecule has 7 heteroatoms. The third-order valence-electron chi connectivity index (χ3n) is 4.75. The smallest absolute Gasteiger partial charge is 0.164 e. The Kier molecular flexibility index (Phi) is 5.46. The van der Waals surface area contributed by atoms with E-state index in [0.29, 0.717) is 57.8 Å². The Morgan fingerprint density at radius 1 is 0.967 bits per heavy atom. The second-order valence-corrected chi connectivity index (χ2v) is 7.12. The Bertz CT molecular complexity index is 1210. The van der Waals surface area contributed by atoms with Crippen molar-refractivity contribution in [1.82, 2.24) is 15.0 Å². The van der Waals surface area contributed by atoms with Gasteiger partial charge in [0.25, 0.3) is 0 Å². The van der Waals surface area contributed by atoms with E-state index in [1.165, 1.54) is 0 Å². The molecule has 0 fully saturated rings. The molecule has 1 aliphatic carbocycles. The fraction of sp³-hybridized carbons (Fsp3) is 0.130. The predicted molar refractivity (Wildman–Crippen MR) is 114 cm³/mol. The van der Waals surface area contributed by atoms with Gasteiger partial charge < -0.3 is 9.84 Å². The van der Waals surface area contributed by atoms with E-state index in [0.717, 1.165) is 5.56 Å². The van der Waals surface area contributed by atoms with Crippen LogP contribution >= 0.6 is 11.6 Å². The lowest BCUT2D eigenvalue weighted by Crippen LogP contribution is -2.07. The van der Waals surface area contributed by atoms with Gasteiger partial charge in [-0.1, -0.05) is 23.7 Å². The summed E-state index contributed by atoms with van der Waals surface area (Å²) in [5, 5.41) is 20.4. The van der Waals surface area contributed by atoms with Crippen molar-refractivity contribution in [2.45, 2.75) is 12.8 Å². The largest absolute Gasteiger partial charge is 0.507 e. The molecule has 0 radical (unpaired) electrons. The van der Waals surface area contributed by atoms with Crippen molar-refractivity contribution in [3.63, 3.8) is 0 Å². The van der Waals surface area contributed by atoms with E-state index in [9.17, 15) is 10.4 Å².